The molecule has 0 aromatic carbocycles. The molecule has 1 N–H and O–H groups in total. The lowest BCUT2D eigenvalue weighted by molar-refractivity contribution is -0.116. The maximum Gasteiger partial charge on any atom is 0.100 e. The Bertz CT molecular complexity index is 99.8. The van der Waals surface area contributed by atoms with Crippen LogP contribution in [0.15, 0.2) is 0 Å². The van der Waals surface area contributed by atoms with Gasteiger partial charge in [-0.15, -0.1) is 0 Å². The van der Waals surface area contributed by atoms with Crippen LogP contribution in [-0.2, 0) is 0 Å². The lowest BCUT2D eigenvalue weighted by atomic mass is 9.94. The SMILES string of the molecule is CC(F)C1CCN(O)CC1. The minimum atomic E-state index is -0.714. The lowest BCUT2D eigenvalue weighted by Gasteiger charge is -2.27. The topological polar surface area (TPSA) is 23.5 Å². The molecule has 60 valence electrons. The van der Waals surface area contributed by atoms with Gasteiger partial charge in [-0.3, -0.25) is 0 Å². The molecule has 0 amide bonds. The highest BCUT2D eigenvalue weighted by Crippen LogP contribution is 2.20. The largest absolute Gasteiger partial charge is 0.314 e. The molecule has 1 rings (SSSR count). The fraction of sp³-hybridized carbons (Fsp3) is 1.00. The highest BCUT2D eigenvalue weighted by molar-refractivity contribution is 4.71. The third kappa shape index (κ3) is 1.92. The summed E-state index contributed by atoms with van der Waals surface area (Å²) in [6, 6.07) is 0. The molecule has 0 aromatic rings. The van der Waals surface area contributed by atoms with E-state index < -0.39 is 6.17 Å². The van der Waals surface area contributed by atoms with E-state index in [4.69, 9.17) is 5.21 Å². The van der Waals surface area contributed by atoms with Crippen molar-refractivity contribution in [2.75, 3.05) is 13.1 Å². The van der Waals surface area contributed by atoms with Crippen LogP contribution in [0.3, 0.4) is 0 Å². The van der Waals surface area contributed by atoms with E-state index in [1.54, 1.807) is 6.92 Å². The number of hydrogen-bond acceptors (Lipinski definition) is 2. The van der Waals surface area contributed by atoms with Gasteiger partial charge in [0.2, 0.25) is 0 Å². The zero-order chi connectivity index (χ0) is 7.56. The van der Waals surface area contributed by atoms with Crippen molar-refractivity contribution in [2.45, 2.75) is 25.9 Å². The van der Waals surface area contributed by atoms with Gasteiger partial charge in [0, 0.05) is 13.1 Å². The quantitative estimate of drug-likeness (QED) is 0.606. The zero-order valence-corrected chi connectivity index (χ0v) is 6.26. The molecule has 0 bridgehead atoms. The summed E-state index contributed by atoms with van der Waals surface area (Å²) in [6.07, 6.45) is 0.858. The molecular formula is C7H14FNO. The van der Waals surface area contributed by atoms with Gasteiger partial charge in [-0.2, -0.15) is 5.06 Å². The van der Waals surface area contributed by atoms with E-state index in [0.717, 1.165) is 12.8 Å². The first-order chi connectivity index (χ1) is 4.70. The lowest BCUT2D eigenvalue weighted by Crippen LogP contribution is -2.33. The van der Waals surface area contributed by atoms with Crippen molar-refractivity contribution < 1.29 is 9.60 Å². The predicted octanol–water partition coefficient (Wildman–Crippen LogP) is 1.45. The number of alkyl halides is 1. The Morgan fingerprint density at radius 3 is 2.40 bits per heavy atom. The fourth-order valence-electron chi connectivity index (χ4n) is 1.35. The van der Waals surface area contributed by atoms with Gasteiger partial charge in [-0.05, 0) is 25.7 Å². The van der Waals surface area contributed by atoms with Crippen molar-refractivity contribution in [3.05, 3.63) is 0 Å². The van der Waals surface area contributed by atoms with Gasteiger partial charge in [0.15, 0.2) is 0 Å². The molecule has 0 saturated carbocycles. The Balaban J connectivity index is 2.26. The number of halogens is 1. The Hall–Kier alpha value is -0.150. The van der Waals surface area contributed by atoms with Crippen molar-refractivity contribution in [1.29, 1.82) is 0 Å². The smallest absolute Gasteiger partial charge is 0.100 e. The van der Waals surface area contributed by atoms with E-state index in [9.17, 15) is 4.39 Å². The first-order valence-corrected chi connectivity index (χ1v) is 3.78. The molecule has 1 saturated heterocycles. The van der Waals surface area contributed by atoms with Crippen molar-refractivity contribution in [1.82, 2.24) is 5.06 Å². The molecule has 1 fully saturated rings. The van der Waals surface area contributed by atoms with Crippen LogP contribution in [0, 0.1) is 5.92 Å². The number of piperidine rings is 1. The molecule has 10 heavy (non-hydrogen) atoms. The predicted molar refractivity (Wildman–Crippen MR) is 36.7 cm³/mol. The van der Waals surface area contributed by atoms with Crippen LogP contribution in [0.25, 0.3) is 0 Å². The first kappa shape index (κ1) is 7.95. The average Bonchev–Trinajstić information content (AvgIpc) is 1.88. The average molecular weight is 147 g/mol. The standard InChI is InChI=1S/C7H14FNO/c1-6(8)7-2-4-9(10)5-3-7/h6-7,10H,2-5H2,1H3. The summed E-state index contributed by atoms with van der Waals surface area (Å²) >= 11 is 0. The number of nitrogens with zero attached hydrogens (tertiary/aromatic N) is 1. The van der Waals surface area contributed by atoms with Gasteiger partial charge in [0.1, 0.15) is 6.17 Å². The summed E-state index contributed by atoms with van der Waals surface area (Å²) in [6.45, 7) is 2.84. The molecular weight excluding hydrogens is 133 g/mol. The van der Waals surface area contributed by atoms with Crippen molar-refractivity contribution >= 4 is 0 Å². The van der Waals surface area contributed by atoms with Crippen LogP contribution >= 0.6 is 0 Å². The second kappa shape index (κ2) is 3.30. The first-order valence-electron chi connectivity index (χ1n) is 3.78. The van der Waals surface area contributed by atoms with Crippen LogP contribution in [0.5, 0.6) is 0 Å². The Labute approximate surface area is 60.6 Å². The van der Waals surface area contributed by atoms with Gasteiger partial charge in [-0.25, -0.2) is 4.39 Å². The van der Waals surface area contributed by atoms with E-state index in [-0.39, 0.29) is 5.92 Å². The van der Waals surface area contributed by atoms with Crippen LogP contribution in [0.4, 0.5) is 4.39 Å². The summed E-state index contributed by atoms with van der Waals surface area (Å²) in [4.78, 5) is 0. The minimum absolute atomic E-state index is 0.170. The van der Waals surface area contributed by atoms with Crippen molar-refractivity contribution in [3.8, 4) is 0 Å². The van der Waals surface area contributed by atoms with E-state index in [1.165, 1.54) is 5.06 Å². The second-order valence-corrected chi connectivity index (χ2v) is 2.97. The molecule has 0 radical (unpaired) electrons. The Morgan fingerprint density at radius 2 is 2.00 bits per heavy atom. The molecule has 0 spiro atoms. The molecule has 0 aliphatic carbocycles. The zero-order valence-electron chi connectivity index (χ0n) is 6.26. The minimum Gasteiger partial charge on any atom is -0.314 e. The highest BCUT2D eigenvalue weighted by atomic mass is 19.1. The maximum atomic E-state index is 12.6. The molecule has 2 nitrogen and oxygen atoms in total. The number of hydroxylamine groups is 2. The Kier molecular flexibility index (Phi) is 2.63. The van der Waals surface area contributed by atoms with Crippen molar-refractivity contribution in [2.24, 2.45) is 5.92 Å². The van der Waals surface area contributed by atoms with Crippen molar-refractivity contribution in [3.63, 3.8) is 0 Å². The van der Waals surface area contributed by atoms with Gasteiger partial charge < -0.3 is 5.21 Å². The third-order valence-corrected chi connectivity index (χ3v) is 2.17. The van der Waals surface area contributed by atoms with Crippen LogP contribution in [-0.4, -0.2) is 29.5 Å². The van der Waals surface area contributed by atoms with Gasteiger partial charge >= 0.3 is 0 Å². The molecule has 1 atom stereocenters. The maximum absolute atomic E-state index is 12.6. The molecule has 1 aliphatic rings. The molecule has 1 heterocycles. The summed E-state index contributed by atoms with van der Waals surface area (Å²) in [5.74, 6) is 0.170. The highest BCUT2D eigenvalue weighted by Gasteiger charge is 2.22. The molecule has 3 heteroatoms. The molecule has 0 aromatic heterocycles. The summed E-state index contributed by atoms with van der Waals surface area (Å²) in [7, 11) is 0. The fourth-order valence-corrected chi connectivity index (χ4v) is 1.35. The van der Waals surface area contributed by atoms with Crippen LogP contribution in [0.2, 0.25) is 0 Å². The van der Waals surface area contributed by atoms with Gasteiger partial charge in [-0.1, -0.05) is 0 Å². The summed E-state index contributed by atoms with van der Waals surface area (Å²) in [5.41, 5.74) is 0. The van der Waals surface area contributed by atoms with E-state index in [2.05, 4.69) is 0 Å². The Morgan fingerprint density at radius 1 is 1.50 bits per heavy atom. The van der Waals surface area contributed by atoms with Gasteiger partial charge in [0.05, 0.1) is 0 Å². The van der Waals surface area contributed by atoms with Gasteiger partial charge in [0.25, 0.3) is 0 Å². The van der Waals surface area contributed by atoms with Crippen LogP contribution in [0.1, 0.15) is 19.8 Å². The van der Waals surface area contributed by atoms with E-state index >= 15 is 0 Å². The summed E-state index contributed by atoms with van der Waals surface area (Å²) in [5, 5.41) is 10.2. The summed E-state index contributed by atoms with van der Waals surface area (Å²) < 4.78 is 12.6. The molecule has 1 unspecified atom stereocenters. The third-order valence-electron chi connectivity index (χ3n) is 2.17. The monoisotopic (exact) mass is 147 g/mol. The number of rotatable bonds is 1. The normalized spacial score (nSPS) is 26.7. The molecule has 1 aliphatic heterocycles. The van der Waals surface area contributed by atoms with E-state index in [0.29, 0.717) is 13.1 Å². The van der Waals surface area contributed by atoms with E-state index in [1.807, 2.05) is 0 Å². The second-order valence-electron chi connectivity index (χ2n) is 2.97. The number of hydrogen-bond donors (Lipinski definition) is 1. The van der Waals surface area contributed by atoms with Crippen LogP contribution < -0.4 is 0 Å².